The van der Waals surface area contributed by atoms with E-state index in [9.17, 15) is 18.0 Å². The standard InChI is InChI=1S/C12H11F3O4/c13-12(14,15)10-5-7(1-2-9(10)11(16)17)19-8-3-4-18-6-8/h1-2,5,8H,3-4,6H2,(H,16,17). The largest absolute Gasteiger partial charge is 0.488 e. The van der Waals surface area contributed by atoms with Crippen LogP contribution in [-0.4, -0.2) is 30.4 Å². The number of ether oxygens (including phenoxy) is 2. The number of aromatic carboxylic acids is 1. The van der Waals surface area contributed by atoms with Crippen molar-refractivity contribution in [1.82, 2.24) is 0 Å². The molecule has 0 amide bonds. The van der Waals surface area contributed by atoms with E-state index in [0.29, 0.717) is 25.7 Å². The van der Waals surface area contributed by atoms with Gasteiger partial charge in [-0.05, 0) is 18.2 Å². The lowest BCUT2D eigenvalue weighted by Gasteiger charge is -2.15. The molecule has 0 spiro atoms. The molecule has 1 aromatic rings. The zero-order valence-electron chi connectivity index (χ0n) is 9.74. The molecule has 1 N–H and O–H groups in total. The summed E-state index contributed by atoms with van der Waals surface area (Å²) in [6.07, 6.45) is -4.43. The van der Waals surface area contributed by atoms with Crippen LogP contribution >= 0.6 is 0 Å². The highest BCUT2D eigenvalue weighted by Gasteiger charge is 2.36. The summed E-state index contributed by atoms with van der Waals surface area (Å²) in [6, 6.07) is 2.83. The molecule has 1 unspecified atom stereocenters. The van der Waals surface area contributed by atoms with Gasteiger partial charge in [-0.15, -0.1) is 0 Å². The van der Waals surface area contributed by atoms with Crippen molar-refractivity contribution >= 4 is 5.97 Å². The van der Waals surface area contributed by atoms with Crippen molar-refractivity contribution < 1.29 is 32.5 Å². The van der Waals surface area contributed by atoms with E-state index in [1.807, 2.05) is 0 Å². The van der Waals surface area contributed by atoms with Crippen LogP contribution in [0, 0.1) is 0 Å². The van der Waals surface area contributed by atoms with Gasteiger partial charge in [0.15, 0.2) is 0 Å². The Balaban J connectivity index is 2.29. The van der Waals surface area contributed by atoms with Crippen LogP contribution in [-0.2, 0) is 10.9 Å². The molecule has 4 nitrogen and oxygen atoms in total. The van der Waals surface area contributed by atoms with E-state index in [4.69, 9.17) is 14.6 Å². The van der Waals surface area contributed by atoms with Gasteiger partial charge in [-0.3, -0.25) is 0 Å². The highest BCUT2D eigenvalue weighted by Crippen LogP contribution is 2.35. The minimum atomic E-state index is -4.74. The number of carboxylic acids is 1. The molecule has 0 bridgehead atoms. The van der Waals surface area contributed by atoms with Gasteiger partial charge in [0.1, 0.15) is 11.9 Å². The SMILES string of the molecule is O=C(O)c1ccc(OC2CCOC2)cc1C(F)(F)F. The molecular formula is C12H11F3O4. The average molecular weight is 276 g/mol. The first-order valence-corrected chi connectivity index (χ1v) is 5.57. The molecule has 2 rings (SSSR count). The second kappa shape index (κ2) is 5.08. The summed E-state index contributed by atoms with van der Waals surface area (Å²) in [5.41, 5.74) is -2.00. The summed E-state index contributed by atoms with van der Waals surface area (Å²) in [4.78, 5) is 10.8. The van der Waals surface area contributed by atoms with Gasteiger partial charge < -0.3 is 14.6 Å². The molecule has 104 valence electrons. The Morgan fingerprint density at radius 3 is 2.68 bits per heavy atom. The first-order valence-electron chi connectivity index (χ1n) is 5.57. The molecule has 0 radical (unpaired) electrons. The van der Waals surface area contributed by atoms with Gasteiger partial charge in [0, 0.05) is 6.42 Å². The molecule has 1 saturated heterocycles. The molecule has 1 atom stereocenters. The Labute approximate surface area is 106 Å². The number of carboxylic acid groups (broad SMARTS) is 1. The Morgan fingerprint density at radius 1 is 1.42 bits per heavy atom. The van der Waals surface area contributed by atoms with Crippen molar-refractivity contribution in [2.24, 2.45) is 0 Å². The monoisotopic (exact) mass is 276 g/mol. The number of halogens is 3. The smallest absolute Gasteiger partial charge is 0.417 e. The minimum Gasteiger partial charge on any atom is -0.488 e. The first-order chi connectivity index (χ1) is 8.88. The number of hydrogen-bond donors (Lipinski definition) is 1. The van der Waals surface area contributed by atoms with E-state index < -0.39 is 23.3 Å². The van der Waals surface area contributed by atoms with Crippen molar-refractivity contribution in [3.8, 4) is 5.75 Å². The molecule has 1 heterocycles. The summed E-state index contributed by atoms with van der Waals surface area (Å²) in [7, 11) is 0. The average Bonchev–Trinajstić information content (AvgIpc) is 2.80. The molecule has 1 aliphatic rings. The zero-order valence-corrected chi connectivity index (χ0v) is 9.74. The van der Waals surface area contributed by atoms with Gasteiger partial charge in [0.2, 0.25) is 0 Å². The molecule has 1 aromatic carbocycles. The van der Waals surface area contributed by atoms with E-state index in [1.165, 1.54) is 6.07 Å². The molecular weight excluding hydrogens is 265 g/mol. The van der Waals surface area contributed by atoms with Crippen molar-refractivity contribution in [2.75, 3.05) is 13.2 Å². The van der Waals surface area contributed by atoms with Crippen LogP contribution in [0.15, 0.2) is 18.2 Å². The predicted octanol–water partition coefficient (Wildman–Crippen LogP) is 2.57. The number of carbonyl (C=O) groups is 1. The predicted molar refractivity (Wildman–Crippen MR) is 58.3 cm³/mol. The zero-order chi connectivity index (χ0) is 14.0. The fourth-order valence-electron chi connectivity index (χ4n) is 1.82. The van der Waals surface area contributed by atoms with Crippen LogP contribution in [0.3, 0.4) is 0 Å². The highest BCUT2D eigenvalue weighted by atomic mass is 19.4. The normalized spacial score (nSPS) is 19.4. The Morgan fingerprint density at radius 2 is 2.16 bits per heavy atom. The van der Waals surface area contributed by atoms with E-state index in [0.717, 1.165) is 6.07 Å². The summed E-state index contributed by atoms with van der Waals surface area (Å²) < 4.78 is 48.7. The third kappa shape index (κ3) is 3.17. The van der Waals surface area contributed by atoms with E-state index >= 15 is 0 Å². The van der Waals surface area contributed by atoms with Crippen molar-refractivity contribution in [1.29, 1.82) is 0 Å². The quantitative estimate of drug-likeness (QED) is 0.921. The van der Waals surface area contributed by atoms with Gasteiger partial charge in [0.25, 0.3) is 0 Å². The summed E-state index contributed by atoms with van der Waals surface area (Å²) in [5.74, 6) is -1.63. The summed E-state index contributed by atoms with van der Waals surface area (Å²) in [6.45, 7) is 0.825. The Bertz CT molecular complexity index is 478. The summed E-state index contributed by atoms with van der Waals surface area (Å²) >= 11 is 0. The van der Waals surface area contributed by atoms with Gasteiger partial charge >= 0.3 is 12.1 Å². The van der Waals surface area contributed by atoms with Gasteiger partial charge in [-0.2, -0.15) is 13.2 Å². The molecule has 7 heteroatoms. The number of hydrogen-bond acceptors (Lipinski definition) is 3. The maximum atomic E-state index is 12.8. The lowest BCUT2D eigenvalue weighted by Crippen LogP contribution is -2.17. The number of alkyl halides is 3. The van der Waals surface area contributed by atoms with E-state index in [-0.39, 0.29) is 11.9 Å². The Kier molecular flexibility index (Phi) is 3.66. The van der Waals surface area contributed by atoms with Gasteiger partial charge in [0.05, 0.1) is 24.3 Å². The maximum absolute atomic E-state index is 12.8. The number of benzene rings is 1. The van der Waals surface area contributed by atoms with E-state index in [2.05, 4.69) is 0 Å². The van der Waals surface area contributed by atoms with Gasteiger partial charge in [-0.1, -0.05) is 0 Å². The lowest BCUT2D eigenvalue weighted by atomic mass is 10.1. The molecule has 0 aliphatic carbocycles. The maximum Gasteiger partial charge on any atom is 0.417 e. The first kappa shape index (κ1) is 13.7. The third-order valence-corrected chi connectivity index (χ3v) is 2.72. The number of rotatable bonds is 3. The van der Waals surface area contributed by atoms with E-state index in [1.54, 1.807) is 0 Å². The van der Waals surface area contributed by atoms with Crippen molar-refractivity contribution in [2.45, 2.75) is 18.7 Å². The fourth-order valence-corrected chi connectivity index (χ4v) is 1.82. The molecule has 0 aromatic heterocycles. The minimum absolute atomic E-state index is 0.00664. The third-order valence-electron chi connectivity index (χ3n) is 2.72. The van der Waals surface area contributed by atoms with Crippen LogP contribution in [0.4, 0.5) is 13.2 Å². The van der Waals surface area contributed by atoms with Crippen LogP contribution in [0.2, 0.25) is 0 Å². The van der Waals surface area contributed by atoms with Crippen LogP contribution in [0.5, 0.6) is 5.75 Å². The molecule has 19 heavy (non-hydrogen) atoms. The summed E-state index contributed by atoms with van der Waals surface area (Å²) in [5, 5.41) is 8.74. The van der Waals surface area contributed by atoms with Crippen molar-refractivity contribution in [3.63, 3.8) is 0 Å². The Hall–Kier alpha value is -1.76. The van der Waals surface area contributed by atoms with Crippen molar-refractivity contribution in [3.05, 3.63) is 29.3 Å². The highest BCUT2D eigenvalue weighted by molar-refractivity contribution is 5.89. The lowest BCUT2D eigenvalue weighted by molar-refractivity contribution is -0.138. The second-order valence-electron chi connectivity index (χ2n) is 4.11. The van der Waals surface area contributed by atoms with Crippen LogP contribution < -0.4 is 4.74 Å². The van der Waals surface area contributed by atoms with Crippen LogP contribution in [0.1, 0.15) is 22.3 Å². The van der Waals surface area contributed by atoms with Gasteiger partial charge in [-0.25, -0.2) is 4.79 Å². The molecule has 0 saturated carbocycles. The molecule has 1 fully saturated rings. The molecule has 1 aliphatic heterocycles. The second-order valence-corrected chi connectivity index (χ2v) is 4.11. The topological polar surface area (TPSA) is 55.8 Å². The van der Waals surface area contributed by atoms with Crippen LogP contribution in [0.25, 0.3) is 0 Å². The fraction of sp³-hybridized carbons (Fsp3) is 0.417.